The average Bonchev–Trinajstić information content (AvgIpc) is 3.10. The molecule has 0 aliphatic heterocycles. The molecule has 0 fully saturated rings. The molecular weight excluding hydrogens is 752 g/mol. The molecule has 0 aliphatic carbocycles. The summed E-state index contributed by atoms with van der Waals surface area (Å²) in [6, 6.07) is 0.787. The molecular formula is C33H46N6O15S. The van der Waals surface area contributed by atoms with Crippen molar-refractivity contribution in [3.63, 3.8) is 0 Å². The fourth-order valence-electron chi connectivity index (χ4n) is 4.78. The van der Waals surface area contributed by atoms with Gasteiger partial charge in [-0.25, -0.2) is 19.2 Å². The molecule has 0 saturated heterocycles. The minimum atomic E-state index is -1.62. The van der Waals surface area contributed by atoms with Crippen LogP contribution in [-0.2, 0) is 51.3 Å². The number of hydrogen-bond donors (Lipinski definition) is 12. The molecule has 0 saturated carbocycles. The second-order valence-electron chi connectivity index (χ2n) is 12.2. The van der Waals surface area contributed by atoms with E-state index < -0.39 is 103 Å². The summed E-state index contributed by atoms with van der Waals surface area (Å²) in [4.78, 5) is 118. The first-order valence-corrected chi connectivity index (χ1v) is 17.5. The van der Waals surface area contributed by atoms with Crippen molar-refractivity contribution in [2.45, 2.75) is 82.5 Å². The van der Waals surface area contributed by atoms with Gasteiger partial charge in [-0.3, -0.25) is 28.8 Å². The number of nitrogens with one attached hydrogen (secondary N) is 6. The van der Waals surface area contributed by atoms with Crippen LogP contribution in [0.4, 0.5) is 9.59 Å². The first-order valence-electron chi connectivity index (χ1n) is 16.9. The van der Waals surface area contributed by atoms with Gasteiger partial charge < -0.3 is 57.4 Å². The highest BCUT2D eigenvalue weighted by atomic mass is 32.1. The SMILES string of the molecule is O=C(O)CCCNC(=O)N[C@@H](CCCCNC(=O)NCc1ccc(CC(=O)N[C@H](CC(=O)O)C(=O)C[C@H](CC(=O)O)C(=O)N[C@@H](CS)C(=O)O)cc1)C(=O)O. The van der Waals surface area contributed by atoms with Crippen LogP contribution in [0.3, 0.4) is 0 Å². The van der Waals surface area contributed by atoms with Crippen LogP contribution >= 0.6 is 12.6 Å². The summed E-state index contributed by atoms with van der Waals surface area (Å²) in [6.07, 6.45) is -1.96. The Balaban J connectivity index is 2.59. The Hall–Kier alpha value is -5.93. The minimum Gasteiger partial charge on any atom is -0.481 e. The van der Waals surface area contributed by atoms with E-state index in [9.17, 15) is 63.3 Å². The van der Waals surface area contributed by atoms with E-state index >= 15 is 0 Å². The minimum absolute atomic E-state index is 0.0642. The molecule has 0 unspecified atom stereocenters. The van der Waals surface area contributed by atoms with E-state index in [4.69, 9.17) is 10.2 Å². The Kier molecular flexibility index (Phi) is 21.5. The summed E-state index contributed by atoms with van der Waals surface area (Å²) in [5.74, 6) is -11.3. The largest absolute Gasteiger partial charge is 0.481 e. The van der Waals surface area contributed by atoms with Crippen molar-refractivity contribution in [1.29, 1.82) is 0 Å². The van der Waals surface area contributed by atoms with Crippen LogP contribution in [0.25, 0.3) is 0 Å². The lowest BCUT2D eigenvalue weighted by Gasteiger charge is -2.21. The van der Waals surface area contributed by atoms with Crippen LogP contribution in [0.15, 0.2) is 24.3 Å². The zero-order chi connectivity index (χ0) is 41.5. The zero-order valence-electron chi connectivity index (χ0n) is 29.6. The molecule has 4 atom stereocenters. The third-order valence-electron chi connectivity index (χ3n) is 7.64. The molecule has 1 aromatic carbocycles. The quantitative estimate of drug-likeness (QED) is 0.0388. The van der Waals surface area contributed by atoms with Crippen molar-refractivity contribution < 1.29 is 73.5 Å². The van der Waals surface area contributed by atoms with Gasteiger partial charge in [0.05, 0.1) is 31.2 Å². The molecule has 0 bridgehead atoms. The Morgan fingerprint density at radius 1 is 0.582 bits per heavy atom. The van der Waals surface area contributed by atoms with Gasteiger partial charge in [-0.15, -0.1) is 0 Å². The number of carboxylic acids is 5. The number of urea groups is 2. The standard InChI is InChI=1S/C33H46N6O15S/c40-24(13-20(14-27(44)45)29(48)38-23(17-55)31(51)52)22(15-28(46)47)37-25(41)12-18-6-8-19(9-7-18)16-36-32(53)34-10-2-1-4-21(30(49)50)39-33(54)35-11-3-5-26(42)43/h6-9,20-23,55H,1-5,10-17H2,(H,37,41)(H,38,48)(H,42,43)(H,44,45)(H,46,47)(H,49,50)(H,51,52)(H2,34,36,53)(H2,35,39,54)/t20-,21+,22-,23+/m1/s1. The number of amides is 6. The van der Waals surface area contributed by atoms with Crippen LogP contribution in [0, 0.1) is 5.92 Å². The monoisotopic (exact) mass is 798 g/mol. The number of carboxylic acid groups (broad SMARTS) is 5. The van der Waals surface area contributed by atoms with Crippen molar-refractivity contribution >= 4 is 72.1 Å². The van der Waals surface area contributed by atoms with Gasteiger partial charge in [-0.2, -0.15) is 12.6 Å². The third kappa shape index (κ3) is 20.8. The number of unbranched alkanes of at least 4 members (excludes halogenated alkanes) is 1. The normalized spacial score (nSPS) is 12.7. The van der Waals surface area contributed by atoms with E-state index in [2.05, 4.69) is 44.5 Å². The van der Waals surface area contributed by atoms with Crippen molar-refractivity contribution in [2.24, 2.45) is 5.92 Å². The predicted molar refractivity (Wildman–Crippen MR) is 192 cm³/mol. The number of Topliss-reactive ketones (excluding diaryl/α,β-unsaturated/α-hetero) is 1. The van der Waals surface area contributed by atoms with Crippen LogP contribution in [0.5, 0.6) is 0 Å². The highest BCUT2D eigenvalue weighted by molar-refractivity contribution is 7.80. The van der Waals surface area contributed by atoms with Crippen molar-refractivity contribution in [3.05, 3.63) is 35.4 Å². The summed E-state index contributed by atoms with van der Waals surface area (Å²) in [5, 5.41) is 59.9. The molecule has 0 spiro atoms. The van der Waals surface area contributed by atoms with Gasteiger partial charge >= 0.3 is 41.9 Å². The molecule has 1 aromatic rings. The highest BCUT2D eigenvalue weighted by Crippen LogP contribution is 2.14. The van der Waals surface area contributed by atoms with Crippen molar-refractivity contribution in [3.8, 4) is 0 Å². The molecule has 0 aliphatic rings. The molecule has 0 heterocycles. The molecule has 22 heteroatoms. The Morgan fingerprint density at radius 3 is 1.73 bits per heavy atom. The number of ketones is 1. The van der Waals surface area contributed by atoms with Crippen LogP contribution in [0.2, 0.25) is 0 Å². The lowest BCUT2D eigenvalue weighted by molar-refractivity contribution is -0.145. The topological polar surface area (TPSA) is 344 Å². The maximum atomic E-state index is 13.0. The predicted octanol–water partition coefficient (Wildman–Crippen LogP) is -0.675. The molecule has 0 aromatic heterocycles. The van der Waals surface area contributed by atoms with Crippen molar-refractivity contribution in [2.75, 3.05) is 18.8 Å². The fourth-order valence-corrected chi connectivity index (χ4v) is 5.03. The van der Waals surface area contributed by atoms with Crippen molar-refractivity contribution in [1.82, 2.24) is 31.9 Å². The number of benzene rings is 1. The lowest BCUT2D eigenvalue weighted by Crippen LogP contribution is -2.47. The van der Waals surface area contributed by atoms with Gasteiger partial charge in [0.25, 0.3) is 0 Å². The maximum Gasteiger partial charge on any atom is 0.327 e. The third-order valence-corrected chi connectivity index (χ3v) is 8.01. The van der Waals surface area contributed by atoms with Gasteiger partial charge in [-0.1, -0.05) is 24.3 Å². The number of hydrogen-bond acceptors (Lipinski definition) is 11. The summed E-state index contributed by atoms with van der Waals surface area (Å²) in [6.45, 7) is 0.356. The summed E-state index contributed by atoms with van der Waals surface area (Å²) in [5.41, 5.74) is 1.09. The van der Waals surface area contributed by atoms with E-state index in [1.54, 1.807) is 24.3 Å². The van der Waals surface area contributed by atoms with Gasteiger partial charge in [0.1, 0.15) is 12.1 Å². The fraction of sp³-hybridized carbons (Fsp3) is 0.515. The number of carbonyl (C=O) groups excluding carboxylic acids is 5. The van der Waals surface area contributed by atoms with E-state index in [0.29, 0.717) is 24.0 Å². The number of thiol groups is 1. The molecule has 6 amide bonds. The number of aliphatic carboxylic acids is 5. The van der Waals surface area contributed by atoms with Gasteiger partial charge in [0.2, 0.25) is 11.8 Å². The molecule has 0 radical (unpaired) electrons. The van der Waals surface area contributed by atoms with Crippen LogP contribution in [-0.4, -0.2) is 122 Å². The first-order chi connectivity index (χ1) is 25.9. The van der Waals surface area contributed by atoms with E-state index in [-0.39, 0.29) is 51.1 Å². The van der Waals surface area contributed by atoms with E-state index in [1.165, 1.54) is 0 Å². The first kappa shape index (κ1) is 47.1. The molecule has 21 nitrogen and oxygen atoms in total. The molecule has 304 valence electrons. The molecule has 11 N–H and O–H groups in total. The van der Waals surface area contributed by atoms with E-state index in [0.717, 1.165) is 0 Å². The number of carbonyl (C=O) groups is 10. The second kappa shape index (κ2) is 25.2. The zero-order valence-corrected chi connectivity index (χ0v) is 30.5. The Labute approximate surface area is 319 Å². The highest BCUT2D eigenvalue weighted by Gasteiger charge is 2.32. The average molecular weight is 799 g/mol. The smallest absolute Gasteiger partial charge is 0.327 e. The van der Waals surface area contributed by atoms with Gasteiger partial charge in [-0.05, 0) is 36.8 Å². The number of rotatable bonds is 27. The summed E-state index contributed by atoms with van der Waals surface area (Å²) >= 11 is 3.81. The summed E-state index contributed by atoms with van der Waals surface area (Å²) in [7, 11) is 0. The van der Waals surface area contributed by atoms with Crippen LogP contribution in [0.1, 0.15) is 62.5 Å². The summed E-state index contributed by atoms with van der Waals surface area (Å²) < 4.78 is 0. The Morgan fingerprint density at radius 2 is 1.16 bits per heavy atom. The maximum absolute atomic E-state index is 13.0. The van der Waals surface area contributed by atoms with E-state index in [1.807, 2.05) is 0 Å². The second-order valence-corrected chi connectivity index (χ2v) is 12.5. The van der Waals surface area contributed by atoms with Gasteiger partial charge in [0.15, 0.2) is 5.78 Å². The van der Waals surface area contributed by atoms with Crippen LogP contribution < -0.4 is 31.9 Å². The van der Waals surface area contributed by atoms with Gasteiger partial charge in [0, 0.05) is 38.2 Å². The lowest BCUT2D eigenvalue weighted by atomic mass is 9.93. The molecule has 55 heavy (non-hydrogen) atoms. The molecule has 1 rings (SSSR count). The Bertz CT molecular complexity index is 1540.